The highest BCUT2D eigenvalue weighted by Crippen LogP contribution is 2.24. The van der Waals surface area contributed by atoms with E-state index in [-0.39, 0.29) is 18.4 Å². The van der Waals surface area contributed by atoms with E-state index in [1.807, 2.05) is 13.8 Å². The van der Waals surface area contributed by atoms with E-state index in [1.165, 1.54) is 0 Å². The first-order valence-electron chi connectivity index (χ1n) is 9.33. The third-order valence-corrected chi connectivity index (χ3v) is 4.84. The van der Waals surface area contributed by atoms with Gasteiger partial charge in [-0.15, -0.1) is 0 Å². The van der Waals surface area contributed by atoms with E-state index in [0.29, 0.717) is 12.8 Å². The fourth-order valence-corrected chi connectivity index (χ4v) is 2.58. The quantitative estimate of drug-likeness (QED) is 0.347. The summed E-state index contributed by atoms with van der Waals surface area (Å²) >= 11 is 0. The number of nitrogens with one attached hydrogen (secondary N) is 2. The Labute approximate surface area is 159 Å². The highest BCUT2D eigenvalue weighted by molar-refractivity contribution is 5.96. The molecule has 1 heterocycles. The number of amides is 2. The molecule has 2 amide bonds. The van der Waals surface area contributed by atoms with Crippen LogP contribution in [0.25, 0.3) is 0 Å². The van der Waals surface area contributed by atoms with Crippen molar-refractivity contribution in [2.75, 3.05) is 6.61 Å². The molecule has 0 aliphatic carbocycles. The van der Waals surface area contributed by atoms with Crippen molar-refractivity contribution in [3.63, 3.8) is 0 Å². The molecule has 0 aromatic heterocycles. The zero-order chi connectivity index (χ0) is 20.7. The van der Waals surface area contributed by atoms with Crippen molar-refractivity contribution in [3.8, 4) is 0 Å². The Bertz CT molecular complexity index is 566. The highest BCUT2D eigenvalue weighted by Gasteiger charge is 2.52. The average molecular weight is 386 g/mol. The molecule has 1 aliphatic heterocycles. The summed E-state index contributed by atoms with van der Waals surface area (Å²) in [5.41, 5.74) is 0. The first kappa shape index (κ1) is 22.9. The molecule has 6 unspecified atom stereocenters. The van der Waals surface area contributed by atoms with Gasteiger partial charge in [0.15, 0.2) is 12.2 Å². The molecule has 3 N–H and O–H groups in total. The van der Waals surface area contributed by atoms with E-state index >= 15 is 0 Å². The van der Waals surface area contributed by atoms with Gasteiger partial charge in [-0.2, -0.15) is 0 Å². The van der Waals surface area contributed by atoms with E-state index in [4.69, 9.17) is 9.47 Å². The lowest BCUT2D eigenvalue weighted by Gasteiger charge is -2.27. The molecule has 9 nitrogen and oxygen atoms in total. The Morgan fingerprint density at radius 2 is 1.52 bits per heavy atom. The summed E-state index contributed by atoms with van der Waals surface area (Å²) in [6.45, 7) is 9.03. The number of esters is 1. The minimum absolute atomic E-state index is 0.178. The van der Waals surface area contributed by atoms with E-state index in [2.05, 4.69) is 10.6 Å². The molecule has 0 radical (unpaired) electrons. The number of carbonyl (C=O) groups is 4. The number of carboxylic acid groups (broad SMARTS) is 1. The van der Waals surface area contributed by atoms with Crippen LogP contribution in [0, 0.1) is 11.8 Å². The second-order valence-corrected chi connectivity index (χ2v) is 6.81. The predicted octanol–water partition coefficient (Wildman–Crippen LogP) is 0.463. The van der Waals surface area contributed by atoms with Crippen LogP contribution in [0.1, 0.15) is 47.5 Å². The van der Waals surface area contributed by atoms with Crippen molar-refractivity contribution in [1.82, 2.24) is 10.6 Å². The highest BCUT2D eigenvalue weighted by atomic mass is 16.6. The smallest absolute Gasteiger partial charge is 0.338 e. The monoisotopic (exact) mass is 386 g/mol. The SMILES string of the molecule is CCOC(=O)C1OC1C(=O)NC(C(=O)NC(C(=O)O)C(C)CC)C(C)CC. The van der Waals surface area contributed by atoms with Gasteiger partial charge in [-0.3, -0.25) is 9.59 Å². The average Bonchev–Trinajstić information content (AvgIpc) is 3.43. The fraction of sp³-hybridized carbons (Fsp3) is 0.778. The largest absolute Gasteiger partial charge is 0.480 e. The molecule has 1 saturated heterocycles. The molecule has 1 rings (SSSR count). The number of hydrogen-bond acceptors (Lipinski definition) is 6. The zero-order valence-corrected chi connectivity index (χ0v) is 16.5. The zero-order valence-electron chi connectivity index (χ0n) is 16.5. The third-order valence-electron chi connectivity index (χ3n) is 4.84. The molecule has 0 bridgehead atoms. The molecule has 0 aromatic rings. The van der Waals surface area contributed by atoms with Crippen molar-refractivity contribution in [2.45, 2.75) is 71.8 Å². The van der Waals surface area contributed by atoms with Gasteiger partial charge < -0.3 is 25.2 Å². The van der Waals surface area contributed by atoms with Crippen molar-refractivity contribution in [2.24, 2.45) is 11.8 Å². The van der Waals surface area contributed by atoms with Gasteiger partial charge in [-0.25, -0.2) is 9.59 Å². The maximum atomic E-state index is 12.7. The minimum Gasteiger partial charge on any atom is -0.480 e. The molecule has 0 saturated carbocycles. The van der Waals surface area contributed by atoms with Crippen LogP contribution in [0.5, 0.6) is 0 Å². The van der Waals surface area contributed by atoms with Crippen molar-refractivity contribution in [1.29, 1.82) is 0 Å². The first-order chi connectivity index (χ1) is 12.7. The van der Waals surface area contributed by atoms with E-state index < -0.39 is 48.0 Å². The predicted molar refractivity (Wildman–Crippen MR) is 95.7 cm³/mol. The molecule has 6 atom stereocenters. The second-order valence-electron chi connectivity index (χ2n) is 6.81. The summed E-state index contributed by atoms with van der Waals surface area (Å²) in [5, 5.41) is 14.5. The van der Waals surface area contributed by atoms with E-state index in [0.717, 1.165) is 0 Å². The minimum atomic E-state index is -1.13. The van der Waals surface area contributed by atoms with Gasteiger partial charge in [0, 0.05) is 0 Å². The Morgan fingerprint density at radius 3 is 2.00 bits per heavy atom. The van der Waals surface area contributed by atoms with Crippen LogP contribution in [0.3, 0.4) is 0 Å². The Balaban J connectivity index is 2.78. The van der Waals surface area contributed by atoms with Crippen LogP contribution >= 0.6 is 0 Å². The van der Waals surface area contributed by atoms with Gasteiger partial charge in [-0.1, -0.05) is 40.5 Å². The summed E-state index contributed by atoms with van der Waals surface area (Å²) in [5.74, 6) is -3.41. The van der Waals surface area contributed by atoms with Crippen LogP contribution in [0.15, 0.2) is 0 Å². The lowest BCUT2D eigenvalue weighted by Crippen LogP contribution is -2.56. The third kappa shape index (κ3) is 6.20. The summed E-state index contributed by atoms with van der Waals surface area (Å²) in [6.07, 6.45) is -0.785. The van der Waals surface area contributed by atoms with Gasteiger partial charge >= 0.3 is 11.9 Å². The number of hydrogen-bond donors (Lipinski definition) is 3. The molecule has 154 valence electrons. The standard InChI is InChI=1S/C18H30N2O7/c1-6-9(4)11(15(21)20-12(17(23)24)10(5)7-2)19-16(22)13-14(27-13)18(25)26-8-3/h9-14H,6-8H2,1-5H3,(H,19,22)(H,20,21)(H,23,24). The Hall–Kier alpha value is -2.16. The first-order valence-corrected chi connectivity index (χ1v) is 9.33. The molecule has 0 spiro atoms. The van der Waals surface area contributed by atoms with Crippen molar-refractivity contribution in [3.05, 3.63) is 0 Å². The molecular formula is C18H30N2O7. The van der Waals surface area contributed by atoms with Crippen LogP contribution in [-0.2, 0) is 28.7 Å². The molecule has 27 heavy (non-hydrogen) atoms. The number of rotatable bonds is 11. The normalized spacial score (nSPS) is 22.7. The second kappa shape index (κ2) is 10.2. The maximum Gasteiger partial charge on any atom is 0.338 e. The molecule has 9 heteroatoms. The van der Waals surface area contributed by atoms with Gasteiger partial charge in [0.05, 0.1) is 6.61 Å². The Kier molecular flexibility index (Phi) is 8.68. The number of carbonyl (C=O) groups excluding carboxylic acids is 3. The lowest BCUT2D eigenvalue weighted by molar-refractivity contribution is -0.145. The number of carboxylic acids is 1. The van der Waals surface area contributed by atoms with Crippen molar-refractivity contribution >= 4 is 23.8 Å². The molecule has 0 aromatic carbocycles. The fourth-order valence-electron chi connectivity index (χ4n) is 2.58. The molecule has 1 aliphatic rings. The van der Waals surface area contributed by atoms with Gasteiger partial charge in [0.1, 0.15) is 12.1 Å². The summed E-state index contributed by atoms with van der Waals surface area (Å²) in [6, 6.07) is -1.98. The summed E-state index contributed by atoms with van der Waals surface area (Å²) in [4.78, 5) is 48.0. The number of ether oxygens (including phenoxy) is 2. The van der Waals surface area contributed by atoms with Crippen molar-refractivity contribution < 1.29 is 33.8 Å². The Morgan fingerprint density at radius 1 is 0.963 bits per heavy atom. The van der Waals surface area contributed by atoms with Gasteiger partial charge in [0.25, 0.3) is 5.91 Å². The maximum absolute atomic E-state index is 12.7. The summed E-state index contributed by atoms with van der Waals surface area (Å²) in [7, 11) is 0. The van der Waals surface area contributed by atoms with E-state index in [9.17, 15) is 24.3 Å². The van der Waals surface area contributed by atoms with E-state index in [1.54, 1.807) is 20.8 Å². The van der Waals surface area contributed by atoms with Crippen LogP contribution in [0.4, 0.5) is 0 Å². The topological polar surface area (TPSA) is 134 Å². The molecular weight excluding hydrogens is 356 g/mol. The van der Waals surface area contributed by atoms with Crippen LogP contribution in [0.2, 0.25) is 0 Å². The summed E-state index contributed by atoms with van der Waals surface area (Å²) < 4.78 is 9.85. The van der Waals surface area contributed by atoms with Gasteiger partial charge in [0.2, 0.25) is 5.91 Å². The van der Waals surface area contributed by atoms with Gasteiger partial charge in [-0.05, 0) is 18.8 Å². The van der Waals surface area contributed by atoms with Crippen LogP contribution < -0.4 is 10.6 Å². The number of epoxide rings is 1. The number of aliphatic carboxylic acids is 1. The lowest BCUT2D eigenvalue weighted by atomic mass is 9.95. The van der Waals surface area contributed by atoms with Crippen LogP contribution in [-0.4, -0.2) is 59.8 Å². The molecule has 1 fully saturated rings.